The molecule has 5 nitrogen and oxygen atoms in total. The Morgan fingerprint density at radius 1 is 0.958 bits per heavy atom. The van der Waals surface area contributed by atoms with Crippen molar-refractivity contribution in [3.63, 3.8) is 0 Å². The number of ether oxygens (including phenoxy) is 2. The van der Waals surface area contributed by atoms with Gasteiger partial charge in [-0.25, -0.2) is 9.59 Å². The lowest BCUT2D eigenvalue weighted by Crippen LogP contribution is -2.10. The molecule has 1 N–H and O–H groups in total. The summed E-state index contributed by atoms with van der Waals surface area (Å²) in [6, 6.07) is 9.06. The first kappa shape index (κ1) is 18.5. The number of carbonyl (C=O) groups excluding carboxylic acids is 1. The van der Waals surface area contributed by atoms with Crippen molar-refractivity contribution in [1.29, 1.82) is 0 Å². The molecule has 0 radical (unpaired) electrons. The molecule has 0 amide bonds. The molecule has 0 aliphatic carbocycles. The molecular weight excluding hydrogens is 444 g/mol. The van der Waals surface area contributed by atoms with E-state index in [1.165, 1.54) is 18.2 Å². The van der Waals surface area contributed by atoms with E-state index in [0.717, 1.165) is 0 Å². The fourth-order valence-corrected chi connectivity index (χ4v) is 2.78. The lowest BCUT2D eigenvalue weighted by molar-refractivity contribution is 0.0696. The second-order valence-electron chi connectivity index (χ2n) is 5.15. The van der Waals surface area contributed by atoms with Gasteiger partial charge in [-0.1, -0.05) is 0 Å². The van der Waals surface area contributed by atoms with Gasteiger partial charge in [-0.15, -0.1) is 0 Å². The van der Waals surface area contributed by atoms with Gasteiger partial charge in [0.25, 0.3) is 0 Å². The maximum absolute atomic E-state index is 12.2. The zero-order valence-corrected chi connectivity index (χ0v) is 16.0. The summed E-state index contributed by atoms with van der Waals surface area (Å²) in [6.07, 6.45) is 0.0165. The Balaban J connectivity index is 2.18. The van der Waals surface area contributed by atoms with Crippen LogP contribution in [0.2, 0.25) is 0 Å². The van der Waals surface area contributed by atoms with Crippen LogP contribution in [0.15, 0.2) is 45.3 Å². The van der Waals surface area contributed by atoms with Crippen LogP contribution in [0.25, 0.3) is 0 Å². The third-order valence-corrected chi connectivity index (χ3v) is 4.15. The molecule has 0 heterocycles. The van der Waals surface area contributed by atoms with E-state index in [-0.39, 0.29) is 17.4 Å². The van der Waals surface area contributed by atoms with Crippen LogP contribution in [-0.4, -0.2) is 23.1 Å². The number of carboxylic acid groups (broad SMARTS) is 1. The van der Waals surface area contributed by atoms with Crippen LogP contribution < -0.4 is 9.47 Å². The third-order valence-electron chi connectivity index (χ3n) is 2.91. The average Bonchev–Trinajstić information content (AvgIpc) is 2.50. The molecule has 0 saturated heterocycles. The van der Waals surface area contributed by atoms with Crippen molar-refractivity contribution in [2.45, 2.75) is 20.0 Å². The summed E-state index contributed by atoms with van der Waals surface area (Å²) in [5.41, 5.74) is 0.437. The van der Waals surface area contributed by atoms with Gasteiger partial charge in [-0.3, -0.25) is 0 Å². The lowest BCUT2D eigenvalue weighted by Gasteiger charge is -2.12. The van der Waals surface area contributed by atoms with Crippen molar-refractivity contribution < 1.29 is 24.2 Å². The Hall–Kier alpha value is -1.86. The number of benzene rings is 2. The minimum absolute atomic E-state index is 0.0165. The highest BCUT2D eigenvalue weighted by Gasteiger charge is 2.15. The highest BCUT2D eigenvalue weighted by molar-refractivity contribution is 9.10. The summed E-state index contributed by atoms with van der Waals surface area (Å²) in [5, 5.41) is 8.93. The van der Waals surface area contributed by atoms with Gasteiger partial charge in [0.05, 0.1) is 26.2 Å². The minimum atomic E-state index is -1.06. The zero-order chi connectivity index (χ0) is 17.9. The maximum atomic E-state index is 12.2. The van der Waals surface area contributed by atoms with E-state index in [0.29, 0.717) is 20.3 Å². The van der Waals surface area contributed by atoms with E-state index in [1.54, 1.807) is 18.2 Å². The van der Waals surface area contributed by atoms with Crippen molar-refractivity contribution >= 4 is 43.8 Å². The zero-order valence-electron chi connectivity index (χ0n) is 12.9. The molecule has 24 heavy (non-hydrogen) atoms. The number of carbonyl (C=O) groups is 2. The second-order valence-corrected chi connectivity index (χ2v) is 6.86. The first-order valence-electron chi connectivity index (χ1n) is 6.99. The molecule has 0 aliphatic rings. The summed E-state index contributed by atoms with van der Waals surface area (Å²) in [5.74, 6) is -0.744. The van der Waals surface area contributed by atoms with Gasteiger partial charge in [0, 0.05) is 0 Å². The average molecular weight is 458 g/mol. The maximum Gasteiger partial charge on any atom is 0.343 e. The fourth-order valence-electron chi connectivity index (χ4n) is 1.85. The molecule has 0 aliphatic heterocycles. The highest BCUT2D eigenvalue weighted by Crippen LogP contribution is 2.29. The van der Waals surface area contributed by atoms with Gasteiger partial charge < -0.3 is 14.6 Å². The van der Waals surface area contributed by atoms with Gasteiger partial charge in [-0.2, -0.15) is 0 Å². The Labute approximate surface area is 155 Å². The van der Waals surface area contributed by atoms with Crippen LogP contribution in [0.4, 0.5) is 0 Å². The van der Waals surface area contributed by atoms with E-state index in [2.05, 4.69) is 31.9 Å². The monoisotopic (exact) mass is 456 g/mol. The first-order chi connectivity index (χ1) is 11.3. The minimum Gasteiger partial charge on any atom is -0.490 e. The number of halogens is 2. The number of aromatic carboxylic acids is 1. The molecule has 2 rings (SSSR count). The Morgan fingerprint density at radius 2 is 1.50 bits per heavy atom. The van der Waals surface area contributed by atoms with E-state index < -0.39 is 11.9 Å². The van der Waals surface area contributed by atoms with Gasteiger partial charge >= 0.3 is 11.9 Å². The molecular formula is C17H14Br2O5. The largest absolute Gasteiger partial charge is 0.490 e. The van der Waals surface area contributed by atoms with Crippen LogP contribution in [0, 0.1) is 0 Å². The van der Waals surface area contributed by atoms with Crippen LogP contribution in [0.1, 0.15) is 34.6 Å². The predicted octanol–water partition coefficient (Wildman–Crippen LogP) is 4.92. The summed E-state index contributed by atoms with van der Waals surface area (Å²) in [6.45, 7) is 3.82. The van der Waals surface area contributed by atoms with Crippen LogP contribution >= 0.6 is 31.9 Å². The molecule has 0 unspecified atom stereocenters. The lowest BCUT2D eigenvalue weighted by atomic mass is 10.2. The highest BCUT2D eigenvalue weighted by atomic mass is 79.9. The number of rotatable bonds is 5. The van der Waals surface area contributed by atoms with Crippen molar-refractivity contribution in [1.82, 2.24) is 0 Å². The molecule has 0 saturated carbocycles. The summed E-state index contributed by atoms with van der Waals surface area (Å²) in [4.78, 5) is 23.2. The van der Waals surface area contributed by atoms with Gasteiger partial charge in [0.15, 0.2) is 0 Å². The summed E-state index contributed by atoms with van der Waals surface area (Å²) in [7, 11) is 0. The standard InChI is InChI=1S/C17H14Br2O5/c1-9(2)23-14-6-4-11(8-13(14)19)17(22)24-15-5-3-10(16(20)21)7-12(15)18/h3-9H,1-2H3,(H,20,21). The SMILES string of the molecule is CC(C)Oc1ccc(C(=O)Oc2ccc(C(=O)O)cc2Br)cc1Br. The van der Waals surface area contributed by atoms with Crippen molar-refractivity contribution in [3.05, 3.63) is 56.5 Å². The number of hydrogen-bond acceptors (Lipinski definition) is 4. The van der Waals surface area contributed by atoms with Gasteiger partial charge in [0.1, 0.15) is 11.5 Å². The number of esters is 1. The Morgan fingerprint density at radius 3 is 2.04 bits per heavy atom. The quantitative estimate of drug-likeness (QED) is 0.509. The molecule has 0 bridgehead atoms. The van der Waals surface area contributed by atoms with Crippen molar-refractivity contribution in [3.8, 4) is 11.5 Å². The molecule has 0 aromatic heterocycles. The topological polar surface area (TPSA) is 72.8 Å². The molecule has 0 spiro atoms. The Kier molecular flexibility index (Phi) is 6.01. The van der Waals surface area contributed by atoms with E-state index in [1.807, 2.05) is 13.8 Å². The normalized spacial score (nSPS) is 10.5. The summed E-state index contributed by atoms with van der Waals surface area (Å²) >= 11 is 6.56. The number of hydrogen-bond donors (Lipinski definition) is 1. The Bertz CT molecular complexity index is 787. The van der Waals surface area contributed by atoms with Gasteiger partial charge in [0.2, 0.25) is 0 Å². The molecule has 126 valence electrons. The smallest absolute Gasteiger partial charge is 0.343 e. The molecule has 0 fully saturated rings. The first-order valence-corrected chi connectivity index (χ1v) is 8.57. The van der Waals surface area contributed by atoms with E-state index in [4.69, 9.17) is 14.6 Å². The molecule has 2 aromatic rings. The second kappa shape index (κ2) is 7.81. The molecule has 0 atom stereocenters. The van der Waals surface area contributed by atoms with Crippen LogP contribution in [0.5, 0.6) is 11.5 Å². The summed E-state index contributed by atoms with van der Waals surface area (Å²) < 4.78 is 11.9. The van der Waals surface area contributed by atoms with E-state index in [9.17, 15) is 9.59 Å². The predicted molar refractivity (Wildman–Crippen MR) is 96.0 cm³/mol. The van der Waals surface area contributed by atoms with Gasteiger partial charge in [-0.05, 0) is 82.1 Å². The molecule has 7 heteroatoms. The van der Waals surface area contributed by atoms with Crippen LogP contribution in [-0.2, 0) is 0 Å². The van der Waals surface area contributed by atoms with Crippen molar-refractivity contribution in [2.75, 3.05) is 0 Å². The molecule has 2 aromatic carbocycles. The number of carboxylic acids is 1. The fraction of sp³-hybridized carbons (Fsp3) is 0.176. The van der Waals surface area contributed by atoms with E-state index >= 15 is 0 Å². The third kappa shape index (κ3) is 4.58. The van der Waals surface area contributed by atoms with Crippen LogP contribution in [0.3, 0.4) is 0 Å². The van der Waals surface area contributed by atoms with Crippen molar-refractivity contribution in [2.24, 2.45) is 0 Å².